The molecule has 4 rings (SSSR count). The maximum absolute atomic E-state index is 13.7. The summed E-state index contributed by atoms with van der Waals surface area (Å²) >= 11 is 1.31. The van der Waals surface area contributed by atoms with Gasteiger partial charge in [-0.3, -0.25) is 19.3 Å². The third kappa shape index (κ3) is 5.91. The summed E-state index contributed by atoms with van der Waals surface area (Å²) in [6.07, 6.45) is 5.27. The number of hydrogen-bond acceptors (Lipinski definition) is 4. The van der Waals surface area contributed by atoms with E-state index in [0.717, 1.165) is 31.2 Å². The summed E-state index contributed by atoms with van der Waals surface area (Å²) in [6, 6.07) is 21.2. The zero-order chi connectivity index (χ0) is 23.8. The molecule has 1 aliphatic carbocycles. The Morgan fingerprint density at radius 2 is 1.56 bits per heavy atom. The number of para-hydroxylation sites is 1. The molecule has 1 fully saturated rings. The second-order valence-corrected chi connectivity index (χ2v) is 9.36. The minimum absolute atomic E-state index is 0.110. The van der Waals surface area contributed by atoms with Crippen molar-refractivity contribution >= 4 is 34.7 Å². The van der Waals surface area contributed by atoms with Crippen LogP contribution in [0, 0.1) is 0 Å². The van der Waals surface area contributed by atoms with Crippen molar-refractivity contribution in [2.45, 2.75) is 44.2 Å². The van der Waals surface area contributed by atoms with Crippen LogP contribution in [0.25, 0.3) is 0 Å². The fourth-order valence-electron chi connectivity index (χ4n) is 4.34. The first kappa shape index (κ1) is 23.7. The highest BCUT2D eigenvalue weighted by atomic mass is 32.1. The van der Waals surface area contributed by atoms with Crippen LogP contribution in [0.2, 0.25) is 0 Å². The summed E-state index contributed by atoms with van der Waals surface area (Å²) in [7, 11) is 0. The van der Waals surface area contributed by atoms with E-state index in [-0.39, 0.29) is 30.3 Å². The topological polar surface area (TPSA) is 78.5 Å². The maximum atomic E-state index is 13.7. The first-order chi connectivity index (χ1) is 16.6. The van der Waals surface area contributed by atoms with E-state index in [2.05, 4.69) is 10.6 Å². The summed E-state index contributed by atoms with van der Waals surface area (Å²) in [6.45, 7) is -0.217. The van der Waals surface area contributed by atoms with Crippen molar-refractivity contribution < 1.29 is 14.4 Å². The fraction of sp³-hybridized carbons (Fsp3) is 0.296. The van der Waals surface area contributed by atoms with E-state index in [1.54, 1.807) is 12.1 Å². The van der Waals surface area contributed by atoms with Crippen LogP contribution in [0.1, 0.15) is 53.4 Å². The molecule has 1 heterocycles. The first-order valence-corrected chi connectivity index (χ1v) is 12.6. The van der Waals surface area contributed by atoms with Gasteiger partial charge in [0.15, 0.2) is 0 Å². The van der Waals surface area contributed by atoms with Crippen molar-refractivity contribution in [1.82, 2.24) is 10.6 Å². The lowest BCUT2D eigenvalue weighted by molar-refractivity contribution is -0.127. The van der Waals surface area contributed by atoms with Crippen LogP contribution in [0.3, 0.4) is 0 Å². The van der Waals surface area contributed by atoms with Crippen molar-refractivity contribution in [2.75, 3.05) is 11.4 Å². The molecule has 0 unspecified atom stereocenters. The van der Waals surface area contributed by atoms with Crippen LogP contribution in [0.4, 0.5) is 5.69 Å². The molecule has 3 aromatic rings. The number of nitrogens with one attached hydrogen (secondary N) is 2. The van der Waals surface area contributed by atoms with E-state index in [1.807, 2.05) is 66.0 Å². The van der Waals surface area contributed by atoms with E-state index < -0.39 is 6.04 Å². The molecular weight excluding hydrogens is 446 g/mol. The number of carbonyl (C=O) groups is 3. The van der Waals surface area contributed by atoms with Gasteiger partial charge in [0.2, 0.25) is 11.8 Å². The molecule has 176 valence electrons. The predicted octanol–water partition coefficient (Wildman–Crippen LogP) is 4.70. The molecule has 7 heteroatoms. The van der Waals surface area contributed by atoms with Crippen LogP contribution in [-0.2, 0) is 9.59 Å². The molecule has 0 bridgehead atoms. The Morgan fingerprint density at radius 3 is 2.21 bits per heavy atom. The molecule has 0 saturated heterocycles. The quantitative estimate of drug-likeness (QED) is 0.496. The minimum atomic E-state index is -0.850. The SMILES string of the molecule is O=C(NCC(=O)N(c1ccccc1)[C@H](C(=O)NC1CCCCC1)c1ccccc1)c1cccs1. The standard InChI is InChI=1S/C27H29N3O3S/c31-24(19-28-26(32)23-17-10-18-34-23)30(22-15-8-3-9-16-22)25(20-11-4-1-5-12-20)27(33)29-21-13-6-2-7-14-21/h1,3-5,8-12,15-18,21,25H,2,6-7,13-14,19H2,(H,28,32)(H,29,33)/t25-/m0/s1. The Bertz CT molecular complexity index is 1080. The molecule has 1 saturated carbocycles. The van der Waals surface area contributed by atoms with E-state index in [4.69, 9.17) is 0 Å². The summed E-state index contributed by atoms with van der Waals surface area (Å²) in [5.74, 6) is -0.872. The second kappa shape index (κ2) is 11.6. The molecule has 1 atom stereocenters. The van der Waals surface area contributed by atoms with Crippen LogP contribution in [-0.4, -0.2) is 30.3 Å². The number of rotatable bonds is 8. The Kier molecular flexibility index (Phi) is 8.09. The highest BCUT2D eigenvalue weighted by molar-refractivity contribution is 7.12. The number of nitrogens with zero attached hydrogens (tertiary/aromatic N) is 1. The van der Waals surface area contributed by atoms with Crippen LogP contribution >= 0.6 is 11.3 Å². The van der Waals surface area contributed by atoms with Crippen LogP contribution in [0.15, 0.2) is 78.2 Å². The Hall–Kier alpha value is -3.45. The lowest BCUT2D eigenvalue weighted by Gasteiger charge is -2.33. The van der Waals surface area contributed by atoms with Crippen molar-refractivity contribution in [3.63, 3.8) is 0 Å². The molecule has 3 amide bonds. The summed E-state index contributed by atoms with van der Waals surface area (Å²) in [5, 5.41) is 7.72. The number of anilines is 1. The number of amides is 3. The minimum Gasteiger partial charge on any atom is -0.351 e. The van der Waals surface area contributed by atoms with E-state index >= 15 is 0 Å². The summed E-state index contributed by atoms with van der Waals surface area (Å²) < 4.78 is 0. The lowest BCUT2D eigenvalue weighted by Crippen LogP contribution is -2.49. The summed E-state index contributed by atoms with van der Waals surface area (Å²) in [5.41, 5.74) is 1.32. The molecule has 0 spiro atoms. The van der Waals surface area contributed by atoms with E-state index in [1.165, 1.54) is 22.7 Å². The van der Waals surface area contributed by atoms with Crippen molar-refractivity contribution in [2.24, 2.45) is 0 Å². The van der Waals surface area contributed by atoms with Crippen molar-refractivity contribution in [1.29, 1.82) is 0 Å². The highest BCUT2D eigenvalue weighted by Crippen LogP contribution is 2.29. The van der Waals surface area contributed by atoms with Gasteiger partial charge >= 0.3 is 0 Å². The zero-order valence-corrected chi connectivity index (χ0v) is 19.8. The van der Waals surface area contributed by atoms with Crippen LogP contribution < -0.4 is 15.5 Å². The number of carbonyl (C=O) groups excluding carboxylic acids is 3. The molecular formula is C27H29N3O3S. The van der Waals surface area contributed by atoms with Gasteiger partial charge in [0.25, 0.3) is 5.91 Å². The zero-order valence-electron chi connectivity index (χ0n) is 19.0. The smallest absolute Gasteiger partial charge is 0.261 e. The van der Waals surface area contributed by atoms with Crippen molar-refractivity contribution in [3.8, 4) is 0 Å². The number of thiophene rings is 1. The summed E-state index contributed by atoms with van der Waals surface area (Å²) in [4.78, 5) is 41.7. The lowest BCUT2D eigenvalue weighted by atomic mass is 9.94. The monoisotopic (exact) mass is 475 g/mol. The van der Waals surface area contributed by atoms with Gasteiger partial charge in [-0.1, -0.05) is 73.9 Å². The third-order valence-electron chi connectivity index (χ3n) is 6.02. The normalized spacial score (nSPS) is 14.7. The van der Waals surface area contributed by atoms with Crippen LogP contribution in [0.5, 0.6) is 0 Å². The second-order valence-electron chi connectivity index (χ2n) is 8.42. The van der Waals surface area contributed by atoms with Gasteiger partial charge in [0.1, 0.15) is 6.04 Å². The van der Waals surface area contributed by atoms with Gasteiger partial charge in [-0.05, 0) is 42.0 Å². The number of benzene rings is 2. The Balaban J connectivity index is 1.63. The Morgan fingerprint density at radius 1 is 0.882 bits per heavy atom. The third-order valence-corrected chi connectivity index (χ3v) is 6.89. The maximum Gasteiger partial charge on any atom is 0.261 e. The molecule has 0 radical (unpaired) electrons. The van der Waals surface area contributed by atoms with E-state index in [0.29, 0.717) is 10.6 Å². The molecule has 2 aromatic carbocycles. The average molecular weight is 476 g/mol. The van der Waals surface area contributed by atoms with E-state index in [9.17, 15) is 14.4 Å². The average Bonchev–Trinajstić information content (AvgIpc) is 3.42. The van der Waals surface area contributed by atoms with Gasteiger partial charge in [0.05, 0.1) is 11.4 Å². The van der Waals surface area contributed by atoms with Gasteiger partial charge in [-0.2, -0.15) is 0 Å². The predicted molar refractivity (Wildman–Crippen MR) is 135 cm³/mol. The fourth-order valence-corrected chi connectivity index (χ4v) is 4.98. The molecule has 1 aromatic heterocycles. The number of hydrogen-bond donors (Lipinski definition) is 2. The van der Waals surface area contributed by atoms with Crippen molar-refractivity contribution in [3.05, 3.63) is 88.6 Å². The molecule has 2 N–H and O–H groups in total. The Labute approximate surface area is 204 Å². The molecule has 0 aliphatic heterocycles. The first-order valence-electron chi connectivity index (χ1n) is 11.7. The van der Waals surface area contributed by atoms with Gasteiger partial charge in [0, 0.05) is 11.7 Å². The molecule has 1 aliphatic rings. The largest absolute Gasteiger partial charge is 0.351 e. The highest BCUT2D eigenvalue weighted by Gasteiger charge is 2.34. The van der Waals surface area contributed by atoms with Gasteiger partial charge in [-0.25, -0.2) is 0 Å². The molecule has 34 heavy (non-hydrogen) atoms. The van der Waals surface area contributed by atoms with Gasteiger partial charge in [-0.15, -0.1) is 11.3 Å². The molecule has 6 nitrogen and oxygen atoms in total. The van der Waals surface area contributed by atoms with Gasteiger partial charge < -0.3 is 10.6 Å².